The summed E-state index contributed by atoms with van der Waals surface area (Å²) < 4.78 is 0. The van der Waals surface area contributed by atoms with Gasteiger partial charge in [0.25, 0.3) is 0 Å². The van der Waals surface area contributed by atoms with Crippen LogP contribution in [0.4, 0.5) is 0 Å². The van der Waals surface area contributed by atoms with E-state index in [0.29, 0.717) is 12.0 Å². The van der Waals surface area contributed by atoms with Crippen LogP contribution < -0.4 is 5.32 Å². The van der Waals surface area contributed by atoms with Gasteiger partial charge in [-0.3, -0.25) is 0 Å². The van der Waals surface area contributed by atoms with Crippen molar-refractivity contribution in [1.82, 2.24) is 5.32 Å². The van der Waals surface area contributed by atoms with E-state index in [9.17, 15) is 0 Å². The largest absolute Gasteiger partial charge is 0.309 e. The lowest BCUT2D eigenvalue weighted by atomic mass is 9.88. The zero-order valence-electron chi connectivity index (χ0n) is 9.09. The van der Waals surface area contributed by atoms with E-state index in [2.05, 4.69) is 43.1 Å². The molecule has 76 valence electrons. The summed E-state index contributed by atoms with van der Waals surface area (Å²) in [5, 5.41) is 3.56. The van der Waals surface area contributed by atoms with E-state index in [4.69, 9.17) is 0 Å². The quantitative estimate of drug-likeness (QED) is 0.625. The van der Waals surface area contributed by atoms with Gasteiger partial charge in [0.05, 0.1) is 0 Å². The maximum atomic E-state index is 3.56. The van der Waals surface area contributed by atoms with E-state index in [-0.39, 0.29) is 0 Å². The molecule has 1 nitrogen and oxygen atoms in total. The van der Waals surface area contributed by atoms with Gasteiger partial charge in [0, 0.05) is 11.6 Å². The first-order chi connectivity index (χ1) is 6.75. The molecule has 1 N–H and O–H groups in total. The van der Waals surface area contributed by atoms with Crippen LogP contribution in [0.3, 0.4) is 0 Å². The van der Waals surface area contributed by atoms with Crippen LogP contribution in [0.1, 0.15) is 26.7 Å². The standard InChI is InChI=1S/C13H19N/c1-10-3-5-12(6-4-10)13-9-11(2)7-8-14-13/h3-5,10-11,13-14H,7-9H2,1-2H3. The molecule has 0 aromatic carbocycles. The Balaban J connectivity index is 2.08. The number of rotatable bonds is 1. The SMILES string of the molecule is CC1C=C=C(C2CC(C)CCN2)C=C1. The van der Waals surface area contributed by atoms with Crippen molar-refractivity contribution in [2.24, 2.45) is 11.8 Å². The summed E-state index contributed by atoms with van der Waals surface area (Å²) in [5.41, 5.74) is 4.74. The molecule has 0 bridgehead atoms. The van der Waals surface area contributed by atoms with Gasteiger partial charge in [0.15, 0.2) is 0 Å². The second-order valence-electron chi connectivity index (χ2n) is 4.62. The van der Waals surface area contributed by atoms with Crippen LogP contribution >= 0.6 is 0 Å². The fourth-order valence-electron chi connectivity index (χ4n) is 2.15. The summed E-state index contributed by atoms with van der Waals surface area (Å²) in [6.45, 7) is 5.69. The molecule has 1 heteroatoms. The lowest BCUT2D eigenvalue weighted by Crippen LogP contribution is -2.38. The van der Waals surface area contributed by atoms with Gasteiger partial charge >= 0.3 is 0 Å². The fraction of sp³-hybridized carbons (Fsp3) is 0.615. The van der Waals surface area contributed by atoms with Crippen molar-refractivity contribution in [3.05, 3.63) is 29.5 Å². The van der Waals surface area contributed by atoms with E-state index >= 15 is 0 Å². The molecule has 0 saturated carbocycles. The van der Waals surface area contributed by atoms with Gasteiger partial charge in [0.2, 0.25) is 0 Å². The monoisotopic (exact) mass is 189 g/mol. The number of hydrogen-bond donors (Lipinski definition) is 1. The molecular weight excluding hydrogens is 170 g/mol. The van der Waals surface area contributed by atoms with Crippen molar-refractivity contribution in [2.75, 3.05) is 6.54 Å². The molecule has 0 aromatic rings. The maximum absolute atomic E-state index is 3.56. The topological polar surface area (TPSA) is 12.0 Å². The van der Waals surface area contributed by atoms with E-state index in [1.54, 1.807) is 0 Å². The van der Waals surface area contributed by atoms with Crippen LogP contribution in [0.2, 0.25) is 0 Å². The van der Waals surface area contributed by atoms with Gasteiger partial charge < -0.3 is 5.32 Å². The molecule has 3 unspecified atom stereocenters. The molecule has 1 saturated heterocycles. The van der Waals surface area contributed by atoms with Crippen molar-refractivity contribution >= 4 is 0 Å². The van der Waals surface area contributed by atoms with Gasteiger partial charge in [-0.25, -0.2) is 0 Å². The third-order valence-electron chi connectivity index (χ3n) is 3.13. The number of allylic oxidation sites excluding steroid dienone is 1. The minimum Gasteiger partial charge on any atom is -0.309 e. The Bertz CT molecular complexity index is 294. The maximum Gasteiger partial charge on any atom is 0.0396 e. The lowest BCUT2D eigenvalue weighted by molar-refractivity contribution is 0.349. The Morgan fingerprint density at radius 1 is 1.43 bits per heavy atom. The van der Waals surface area contributed by atoms with Crippen molar-refractivity contribution in [1.29, 1.82) is 0 Å². The summed E-state index contributed by atoms with van der Waals surface area (Å²) in [6, 6.07) is 0.541. The molecule has 0 spiro atoms. The first-order valence-corrected chi connectivity index (χ1v) is 5.64. The van der Waals surface area contributed by atoms with Gasteiger partial charge in [0.1, 0.15) is 0 Å². The van der Waals surface area contributed by atoms with Crippen molar-refractivity contribution in [3.8, 4) is 0 Å². The molecule has 1 heterocycles. The highest BCUT2D eigenvalue weighted by atomic mass is 14.9. The van der Waals surface area contributed by atoms with E-state index in [1.807, 2.05) is 0 Å². The second-order valence-corrected chi connectivity index (χ2v) is 4.62. The van der Waals surface area contributed by atoms with Crippen LogP contribution in [0, 0.1) is 11.8 Å². The normalized spacial score (nSPS) is 37.0. The number of hydrogen-bond acceptors (Lipinski definition) is 1. The molecule has 2 rings (SSSR count). The summed E-state index contributed by atoms with van der Waals surface area (Å²) in [4.78, 5) is 0. The zero-order valence-corrected chi connectivity index (χ0v) is 9.09. The highest BCUT2D eigenvalue weighted by Crippen LogP contribution is 2.22. The highest BCUT2D eigenvalue weighted by molar-refractivity contribution is 5.29. The van der Waals surface area contributed by atoms with E-state index < -0.39 is 0 Å². The van der Waals surface area contributed by atoms with Crippen molar-refractivity contribution < 1.29 is 0 Å². The predicted molar refractivity (Wildman–Crippen MR) is 60.1 cm³/mol. The third kappa shape index (κ3) is 2.17. The summed E-state index contributed by atoms with van der Waals surface area (Å²) in [7, 11) is 0. The molecule has 0 amide bonds. The van der Waals surface area contributed by atoms with Crippen LogP contribution in [0.25, 0.3) is 0 Å². The number of piperidine rings is 1. The smallest absolute Gasteiger partial charge is 0.0396 e. The predicted octanol–water partition coefficient (Wildman–Crippen LogP) is 2.66. The van der Waals surface area contributed by atoms with Crippen LogP contribution in [0.5, 0.6) is 0 Å². The zero-order chi connectivity index (χ0) is 9.97. The Kier molecular flexibility index (Phi) is 2.90. The molecule has 3 atom stereocenters. The Labute approximate surface area is 86.6 Å². The van der Waals surface area contributed by atoms with Crippen LogP contribution in [0.15, 0.2) is 29.5 Å². The van der Waals surface area contributed by atoms with E-state index in [1.165, 1.54) is 18.4 Å². The first kappa shape index (κ1) is 9.76. The molecule has 0 radical (unpaired) electrons. The first-order valence-electron chi connectivity index (χ1n) is 5.64. The number of nitrogens with one attached hydrogen (secondary N) is 1. The van der Waals surface area contributed by atoms with Gasteiger partial charge in [-0.1, -0.05) is 26.0 Å². The summed E-state index contributed by atoms with van der Waals surface area (Å²) in [5.74, 6) is 1.41. The average Bonchev–Trinajstić information content (AvgIpc) is 2.19. The second kappa shape index (κ2) is 4.16. The molecule has 2 aliphatic rings. The summed E-state index contributed by atoms with van der Waals surface area (Å²) in [6.07, 6.45) is 9.23. The minimum atomic E-state index is 0.541. The Morgan fingerprint density at radius 3 is 2.93 bits per heavy atom. The molecule has 1 aliphatic heterocycles. The minimum absolute atomic E-state index is 0.541. The molecule has 14 heavy (non-hydrogen) atoms. The molecule has 0 aromatic heterocycles. The molecule has 1 fully saturated rings. The fourth-order valence-corrected chi connectivity index (χ4v) is 2.15. The molecular formula is C13H19N. The summed E-state index contributed by atoms with van der Waals surface area (Å²) >= 11 is 0. The van der Waals surface area contributed by atoms with Crippen molar-refractivity contribution in [3.63, 3.8) is 0 Å². The Hall–Kier alpha value is -0.780. The lowest BCUT2D eigenvalue weighted by Gasteiger charge is -2.28. The highest BCUT2D eigenvalue weighted by Gasteiger charge is 2.20. The third-order valence-corrected chi connectivity index (χ3v) is 3.13. The van der Waals surface area contributed by atoms with Gasteiger partial charge in [-0.15, -0.1) is 5.73 Å². The van der Waals surface area contributed by atoms with Gasteiger partial charge in [-0.05, 0) is 37.3 Å². The Morgan fingerprint density at radius 2 is 2.29 bits per heavy atom. The van der Waals surface area contributed by atoms with Gasteiger partial charge in [-0.2, -0.15) is 0 Å². The van der Waals surface area contributed by atoms with Crippen LogP contribution in [-0.4, -0.2) is 12.6 Å². The average molecular weight is 189 g/mol. The van der Waals surface area contributed by atoms with E-state index in [0.717, 1.165) is 12.5 Å². The van der Waals surface area contributed by atoms with Crippen molar-refractivity contribution in [2.45, 2.75) is 32.7 Å². The molecule has 1 aliphatic carbocycles. The van der Waals surface area contributed by atoms with Crippen LogP contribution in [-0.2, 0) is 0 Å².